The molecular formula is C8H12O3S. The number of hydrogen-bond acceptors (Lipinski definition) is 3. The minimum absolute atomic E-state index is 0.504. The molecule has 0 amide bonds. The summed E-state index contributed by atoms with van der Waals surface area (Å²) in [7, 11) is -0.930. The van der Waals surface area contributed by atoms with Crippen LogP contribution in [0.2, 0.25) is 0 Å². The molecule has 0 saturated heterocycles. The van der Waals surface area contributed by atoms with Gasteiger partial charge in [0, 0.05) is 0 Å². The first kappa shape index (κ1) is 8.41. The first-order valence-corrected chi connectivity index (χ1v) is 5.05. The Balaban J connectivity index is 2.43. The molecule has 0 unspecified atom stereocenters. The van der Waals surface area contributed by atoms with Gasteiger partial charge in [-0.05, 0) is 27.7 Å². The second-order valence-electron chi connectivity index (χ2n) is 4.11. The second kappa shape index (κ2) is 2.00. The van der Waals surface area contributed by atoms with Crippen molar-refractivity contribution in [2.24, 2.45) is 0 Å². The highest BCUT2D eigenvalue weighted by atomic mass is 32.2. The summed E-state index contributed by atoms with van der Waals surface area (Å²) < 4.78 is 11.4. The monoisotopic (exact) mass is 188 g/mol. The third-order valence-corrected chi connectivity index (χ3v) is 4.02. The lowest BCUT2D eigenvalue weighted by Crippen LogP contribution is -2.35. The van der Waals surface area contributed by atoms with E-state index >= 15 is 0 Å². The number of hydrogen-bond donors (Lipinski definition) is 0. The van der Waals surface area contributed by atoms with Crippen molar-refractivity contribution in [1.82, 2.24) is 0 Å². The van der Waals surface area contributed by atoms with Crippen LogP contribution in [0.4, 0.5) is 0 Å². The molecule has 2 aliphatic rings. The maximum atomic E-state index is 11.4. The van der Waals surface area contributed by atoms with Gasteiger partial charge in [0.1, 0.15) is 11.2 Å². The van der Waals surface area contributed by atoms with E-state index in [1.807, 2.05) is 27.7 Å². The molecule has 2 heterocycles. The van der Waals surface area contributed by atoms with Crippen LogP contribution in [0.5, 0.6) is 0 Å². The average Bonchev–Trinajstić information content (AvgIpc) is 2.57. The Kier molecular flexibility index (Phi) is 1.40. The molecule has 68 valence electrons. The van der Waals surface area contributed by atoms with Crippen molar-refractivity contribution in [3.8, 4) is 0 Å². The van der Waals surface area contributed by atoms with Crippen molar-refractivity contribution in [2.75, 3.05) is 0 Å². The highest BCUT2D eigenvalue weighted by Crippen LogP contribution is 2.52. The van der Waals surface area contributed by atoms with Gasteiger partial charge in [-0.3, -0.25) is 0 Å². The molecule has 0 aliphatic carbocycles. The van der Waals surface area contributed by atoms with Crippen LogP contribution in [-0.2, 0) is 20.6 Å². The van der Waals surface area contributed by atoms with Crippen LogP contribution in [0.3, 0.4) is 0 Å². The van der Waals surface area contributed by atoms with E-state index in [-0.39, 0.29) is 0 Å². The minimum Gasteiger partial charge on any atom is -0.249 e. The van der Waals surface area contributed by atoms with Gasteiger partial charge >= 0.3 is 0 Å². The maximum Gasteiger partial charge on any atom is 0.132 e. The van der Waals surface area contributed by atoms with Crippen molar-refractivity contribution < 1.29 is 14.0 Å². The zero-order valence-corrected chi connectivity index (χ0v) is 8.45. The van der Waals surface area contributed by atoms with Crippen LogP contribution in [0, 0.1) is 0 Å². The van der Waals surface area contributed by atoms with Crippen LogP contribution >= 0.6 is 0 Å². The standard InChI is InChI=1S/C8H12O3S/c1-7(2)5-6(12(5)9)8(3,4)11-10-7/h1-4H3. The third-order valence-electron chi connectivity index (χ3n) is 2.09. The van der Waals surface area contributed by atoms with Crippen molar-refractivity contribution in [1.29, 1.82) is 0 Å². The molecule has 0 atom stereocenters. The zero-order chi connectivity index (χ0) is 9.15. The van der Waals surface area contributed by atoms with E-state index in [1.54, 1.807) is 0 Å². The fourth-order valence-electron chi connectivity index (χ4n) is 1.41. The summed E-state index contributed by atoms with van der Waals surface area (Å²) in [6, 6.07) is 0. The highest BCUT2D eigenvalue weighted by Gasteiger charge is 2.57. The van der Waals surface area contributed by atoms with Gasteiger partial charge in [-0.15, -0.1) is 0 Å². The van der Waals surface area contributed by atoms with Crippen molar-refractivity contribution in [3.63, 3.8) is 0 Å². The molecule has 0 aromatic heterocycles. The normalized spacial score (nSPS) is 31.7. The summed E-state index contributed by atoms with van der Waals surface area (Å²) in [4.78, 5) is 12.1. The van der Waals surface area contributed by atoms with Crippen molar-refractivity contribution in [3.05, 3.63) is 9.81 Å². The lowest BCUT2D eigenvalue weighted by Gasteiger charge is -2.29. The Hall–Kier alpha value is -0.190. The molecule has 0 spiro atoms. The Morgan fingerprint density at radius 3 is 1.67 bits per heavy atom. The summed E-state index contributed by atoms with van der Waals surface area (Å²) in [5, 5.41) is 0. The van der Waals surface area contributed by atoms with E-state index in [1.165, 1.54) is 0 Å². The Morgan fingerprint density at radius 1 is 1.00 bits per heavy atom. The first-order chi connectivity index (χ1) is 5.36. The fourth-order valence-corrected chi connectivity index (χ4v) is 3.24. The topological polar surface area (TPSA) is 35.5 Å². The van der Waals surface area contributed by atoms with Gasteiger partial charge in [0.2, 0.25) is 0 Å². The summed E-state index contributed by atoms with van der Waals surface area (Å²) in [5.74, 6) is 0. The van der Waals surface area contributed by atoms with Crippen LogP contribution in [-0.4, -0.2) is 15.4 Å². The molecule has 0 fully saturated rings. The SMILES string of the molecule is CC1(C)OOC(C)(C)C2=C1S2=O. The lowest BCUT2D eigenvalue weighted by molar-refractivity contribution is -0.387. The van der Waals surface area contributed by atoms with Gasteiger partial charge in [-0.25, -0.2) is 14.0 Å². The van der Waals surface area contributed by atoms with Gasteiger partial charge in [-0.1, -0.05) is 0 Å². The van der Waals surface area contributed by atoms with Crippen LogP contribution in [0.1, 0.15) is 27.7 Å². The van der Waals surface area contributed by atoms with Crippen molar-refractivity contribution >= 4 is 10.8 Å². The molecule has 2 aliphatic heterocycles. The first-order valence-electron chi connectivity index (χ1n) is 3.90. The molecule has 0 saturated carbocycles. The smallest absolute Gasteiger partial charge is 0.132 e. The van der Waals surface area contributed by atoms with E-state index < -0.39 is 22.0 Å². The highest BCUT2D eigenvalue weighted by molar-refractivity contribution is 8.00. The zero-order valence-electron chi connectivity index (χ0n) is 7.63. The van der Waals surface area contributed by atoms with Crippen LogP contribution < -0.4 is 0 Å². The van der Waals surface area contributed by atoms with Gasteiger partial charge in [0.25, 0.3) is 0 Å². The second-order valence-corrected chi connectivity index (χ2v) is 5.47. The molecule has 3 nitrogen and oxygen atoms in total. The van der Waals surface area contributed by atoms with Gasteiger partial charge < -0.3 is 0 Å². The van der Waals surface area contributed by atoms with E-state index in [0.717, 1.165) is 9.81 Å². The Labute approximate surface area is 74.1 Å². The fraction of sp³-hybridized carbons (Fsp3) is 0.750. The molecule has 4 heteroatoms. The summed E-state index contributed by atoms with van der Waals surface area (Å²) in [5.41, 5.74) is -1.01. The summed E-state index contributed by atoms with van der Waals surface area (Å²) >= 11 is 0. The molecule has 0 aromatic carbocycles. The summed E-state index contributed by atoms with van der Waals surface area (Å²) in [6.45, 7) is 7.45. The van der Waals surface area contributed by atoms with E-state index in [2.05, 4.69) is 0 Å². The maximum absolute atomic E-state index is 11.4. The van der Waals surface area contributed by atoms with Crippen LogP contribution in [0.15, 0.2) is 9.81 Å². The van der Waals surface area contributed by atoms with E-state index in [0.29, 0.717) is 0 Å². The molecule has 0 radical (unpaired) electrons. The predicted octanol–water partition coefficient (Wildman–Crippen LogP) is 1.48. The van der Waals surface area contributed by atoms with Gasteiger partial charge in [-0.2, -0.15) is 0 Å². The van der Waals surface area contributed by atoms with Gasteiger partial charge in [0.15, 0.2) is 0 Å². The molecular weight excluding hydrogens is 176 g/mol. The molecule has 2 rings (SSSR count). The average molecular weight is 188 g/mol. The molecule has 0 N–H and O–H groups in total. The number of rotatable bonds is 0. The van der Waals surface area contributed by atoms with Crippen molar-refractivity contribution in [2.45, 2.75) is 38.9 Å². The Bertz CT molecular complexity index is 273. The molecule has 12 heavy (non-hydrogen) atoms. The third kappa shape index (κ3) is 0.917. The van der Waals surface area contributed by atoms with E-state index in [4.69, 9.17) is 9.78 Å². The molecule has 0 aromatic rings. The van der Waals surface area contributed by atoms with Gasteiger partial charge in [0.05, 0.1) is 20.6 Å². The summed E-state index contributed by atoms with van der Waals surface area (Å²) in [6.07, 6.45) is 0. The lowest BCUT2D eigenvalue weighted by atomic mass is 10.0. The Morgan fingerprint density at radius 2 is 1.33 bits per heavy atom. The predicted molar refractivity (Wildman–Crippen MR) is 45.5 cm³/mol. The molecule has 0 bridgehead atoms. The minimum atomic E-state index is -0.930. The van der Waals surface area contributed by atoms with Crippen LogP contribution in [0.25, 0.3) is 0 Å². The van der Waals surface area contributed by atoms with E-state index in [9.17, 15) is 4.21 Å². The largest absolute Gasteiger partial charge is 0.249 e. The quantitative estimate of drug-likeness (QED) is 0.540.